The quantitative estimate of drug-likeness (QED) is 0.330. The van der Waals surface area contributed by atoms with Crippen LogP contribution in [0.4, 0.5) is 0 Å². The van der Waals surface area contributed by atoms with Crippen LogP contribution in [0.5, 0.6) is 0 Å². The Morgan fingerprint density at radius 2 is 2.05 bits per heavy atom. The van der Waals surface area contributed by atoms with Crippen LogP contribution in [-0.4, -0.2) is 20.6 Å². The van der Waals surface area contributed by atoms with Crippen LogP contribution in [0.2, 0.25) is 0 Å². The Morgan fingerprint density at radius 3 is 2.90 bits per heavy atom. The molecule has 1 heterocycles. The molecule has 0 fully saturated rings. The monoisotopic (exact) mass is 266 g/mol. The van der Waals surface area contributed by atoms with Gasteiger partial charge in [-0.25, -0.2) is 4.98 Å². The molecule has 0 bridgehead atoms. The van der Waals surface area contributed by atoms with Crippen molar-refractivity contribution in [1.82, 2.24) is 9.55 Å². The van der Waals surface area contributed by atoms with E-state index in [9.17, 15) is 0 Å². The van der Waals surface area contributed by atoms with E-state index in [2.05, 4.69) is 14.7 Å². The van der Waals surface area contributed by atoms with Crippen molar-refractivity contribution in [2.24, 2.45) is 10.9 Å². The van der Waals surface area contributed by atoms with E-state index in [1.807, 2.05) is 54.9 Å². The number of benzene rings is 2. The number of fused-ring (bicyclic) bond motifs is 1. The molecule has 5 heteroatoms. The summed E-state index contributed by atoms with van der Waals surface area (Å²) in [5.41, 5.74) is 9.44. The fourth-order valence-corrected chi connectivity index (χ4v) is 2.22. The summed E-state index contributed by atoms with van der Waals surface area (Å²) in [5.74, 6) is 0.113. The lowest BCUT2D eigenvalue weighted by Crippen LogP contribution is -2.13. The predicted molar refractivity (Wildman–Crippen MR) is 77.8 cm³/mol. The minimum Gasteiger partial charge on any atom is -0.409 e. The van der Waals surface area contributed by atoms with E-state index in [-0.39, 0.29) is 5.84 Å². The molecule has 2 aromatic carbocycles. The first kappa shape index (κ1) is 12.2. The number of rotatable bonds is 3. The molecule has 0 amide bonds. The second-order valence-corrected chi connectivity index (χ2v) is 4.55. The number of hydrogen-bond donors (Lipinski definition) is 2. The van der Waals surface area contributed by atoms with Crippen LogP contribution in [-0.2, 0) is 6.54 Å². The lowest BCUT2D eigenvalue weighted by atomic mass is 10.1. The van der Waals surface area contributed by atoms with Crippen LogP contribution >= 0.6 is 0 Å². The summed E-state index contributed by atoms with van der Waals surface area (Å²) in [6.45, 7) is 0.688. The van der Waals surface area contributed by atoms with Gasteiger partial charge < -0.3 is 15.5 Å². The molecule has 0 aliphatic rings. The first-order valence-electron chi connectivity index (χ1n) is 6.24. The highest BCUT2D eigenvalue weighted by Gasteiger charge is 2.04. The maximum atomic E-state index is 8.72. The summed E-state index contributed by atoms with van der Waals surface area (Å²) in [5, 5.41) is 11.7. The molecule has 3 N–H and O–H groups in total. The topological polar surface area (TPSA) is 76.4 Å². The summed E-state index contributed by atoms with van der Waals surface area (Å²) in [7, 11) is 0. The van der Waals surface area contributed by atoms with Crippen LogP contribution in [0.1, 0.15) is 11.1 Å². The third kappa shape index (κ3) is 2.21. The Bertz CT molecular complexity index is 776. The van der Waals surface area contributed by atoms with Crippen molar-refractivity contribution >= 4 is 16.9 Å². The zero-order valence-electron chi connectivity index (χ0n) is 10.8. The van der Waals surface area contributed by atoms with Gasteiger partial charge in [-0.15, -0.1) is 0 Å². The largest absolute Gasteiger partial charge is 0.409 e. The first-order chi connectivity index (χ1) is 9.78. The Kier molecular flexibility index (Phi) is 3.09. The highest BCUT2D eigenvalue weighted by molar-refractivity contribution is 5.97. The van der Waals surface area contributed by atoms with Crippen molar-refractivity contribution in [3.63, 3.8) is 0 Å². The number of para-hydroxylation sites is 2. The van der Waals surface area contributed by atoms with Crippen molar-refractivity contribution in [3.05, 3.63) is 66.0 Å². The zero-order valence-corrected chi connectivity index (χ0v) is 10.8. The maximum Gasteiger partial charge on any atom is 0.170 e. The van der Waals surface area contributed by atoms with Crippen molar-refractivity contribution in [2.45, 2.75) is 6.54 Å². The Morgan fingerprint density at radius 1 is 1.20 bits per heavy atom. The highest BCUT2D eigenvalue weighted by Crippen LogP contribution is 2.14. The van der Waals surface area contributed by atoms with Gasteiger partial charge in [0.15, 0.2) is 5.84 Å². The Hall–Kier alpha value is -2.82. The molecule has 100 valence electrons. The van der Waals surface area contributed by atoms with Crippen molar-refractivity contribution in [1.29, 1.82) is 0 Å². The van der Waals surface area contributed by atoms with E-state index in [0.29, 0.717) is 12.1 Å². The van der Waals surface area contributed by atoms with Gasteiger partial charge in [0.2, 0.25) is 0 Å². The van der Waals surface area contributed by atoms with Gasteiger partial charge >= 0.3 is 0 Å². The number of nitrogens with zero attached hydrogens (tertiary/aromatic N) is 3. The molecule has 0 saturated carbocycles. The first-order valence-corrected chi connectivity index (χ1v) is 6.24. The smallest absolute Gasteiger partial charge is 0.170 e. The molecule has 0 radical (unpaired) electrons. The third-order valence-electron chi connectivity index (χ3n) is 3.21. The molecule has 3 rings (SSSR count). The average molecular weight is 266 g/mol. The molecule has 0 aliphatic carbocycles. The van der Waals surface area contributed by atoms with Gasteiger partial charge in [-0.3, -0.25) is 0 Å². The molecular formula is C15H14N4O. The van der Waals surface area contributed by atoms with E-state index in [0.717, 1.165) is 16.6 Å². The van der Waals surface area contributed by atoms with Gasteiger partial charge in [-0.1, -0.05) is 35.5 Å². The van der Waals surface area contributed by atoms with Gasteiger partial charge in [0, 0.05) is 12.1 Å². The lowest BCUT2D eigenvalue weighted by molar-refractivity contribution is 0.318. The number of nitrogens with two attached hydrogens (primary N) is 1. The number of aromatic nitrogens is 2. The Labute approximate surface area is 116 Å². The Balaban J connectivity index is 1.95. The number of hydrogen-bond acceptors (Lipinski definition) is 3. The molecule has 0 aliphatic heterocycles. The molecule has 0 spiro atoms. The summed E-state index contributed by atoms with van der Waals surface area (Å²) in [6, 6.07) is 15.6. The molecule has 20 heavy (non-hydrogen) atoms. The van der Waals surface area contributed by atoms with Gasteiger partial charge in [0.25, 0.3) is 0 Å². The van der Waals surface area contributed by atoms with Crippen LogP contribution in [0.3, 0.4) is 0 Å². The van der Waals surface area contributed by atoms with Crippen molar-refractivity contribution in [2.75, 3.05) is 0 Å². The van der Waals surface area contributed by atoms with Crippen LogP contribution in [0.25, 0.3) is 11.0 Å². The van der Waals surface area contributed by atoms with Crippen LogP contribution in [0, 0.1) is 0 Å². The summed E-state index contributed by atoms with van der Waals surface area (Å²) >= 11 is 0. The van der Waals surface area contributed by atoms with E-state index >= 15 is 0 Å². The highest BCUT2D eigenvalue weighted by atomic mass is 16.4. The fraction of sp³-hybridized carbons (Fsp3) is 0.0667. The molecule has 3 aromatic rings. The second-order valence-electron chi connectivity index (χ2n) is 4.55. The average Bonchev–Trinajstić information content (AvgIpc) is 2.90. The normalized spacial score (nSPS) is 11.9. The van der Waals surface area contributed by atoms with Gasteiger partial charge in [-0.2, -0.15) is 0 Å². The van der Waals surface area contributed by atoms with Gasteiger partial charge in [0.1, 0.15) is 0 Å². The van der Waals surface area contributed by atoms with Crippen LogP contribution < -0.4 is 5.73 Å². The van der Waals surface area contributed by atoms with Gasteiger partial charge in [-0.05, 0) is 23.8 Å². The molecular weight excluding hydrogens is 252 g/mol. The SMILES string of the molecule is NC(=NO)c1cccc(Cn2cnc3ccccc32)c1. The number of amidine groups is 1. The summed E-state index contributed by atoms with van der Waals surface area (Å²) < 4.78 is 2.07. The van der Waals surface area contributed by atoms with Crippen LogP contribution in [0.15, 0.2) is 60.0 Å². The maximum absolute atomic E-state index is 8.72. The number of oxime groups is 1. The standard InChI is InChI=1S/C15H14N4O/c16-15(18-20)12-5-3-4-11(8-12)9-19-10-17-13-6-1-2-7-14(13)19/h1-8,10,20H,9H2,(H2,16,18). The van der Waals surface area contributed by atoms with Gasteiger partial charge in [0.05, 0.1) is 17.4 Å². The minimum absolute atomic E-state index is 0.113. The number of imidazole rings is 1. The predicted octanol–water partition coefficient (Wildman–Crippen LogP) is 2.18. The van der Waals surface area contributed by atoms with E-state index in [4.69, 9.17) is 10.9 Å². The lowest BCUT2D eigenvalue weighted by Gasteiger charge is -2.06. The molecule has 0 saturated heterocycles. The van der Waals surface area contributed by atoms with Crippen molar-refractivity contribution in [3.8, 4) is 0 Å². The van der Waals surface area contributed by atoms with E-state index in [1.165, 1.54) is 0 Å². The third-order valence-corrected chi connectivity index (χ3v) is 3.21. The van der Waals surface area contributed by atoms with Crippen molar-refractivity contribution < 1.29 is 5.21 Å². The van der Waals surface area contributed by atoms with E-state index < -0.39 is 0 Å². The molecule has 5 nitrogen and oxygen atoms in total. The molecule has 0 unspecified atom stereocenters. The summed E-state index contributed by atoms with van der Waals surface area (Å²) in [4.78, 5) is 4.36. The zero-order chi connectivity index (χ0) is 13.9. The second kappa shape index (κ2) is 5.05. The molecule has 0 atom stereocenters. The minimum atomic E-state index is 0.113. The fourth-order valence-electron chi connectivity index (χ4n) is 2.22. The molecule has 1 aromatic heterocycles. The van der Waals surface area contributed by atoms with E-state index in [1.54, 1.807) is 0 Å². The summed E-state index contributed by atoms with van der Waals surface area (Å²) in [6.07, 6.45) is 1.82.